The highest BCUT2D eigenvalue weighted by Crippen LogP contribution is 2.31. The molecule has 0 aliphatic carbocycles. The summed E-state index contributed by atoms with van der Waals surface area (Å²) in [5.41, 5.74) is 2.73. The molecule has 0 radical (unpaired) electrons. The molecule has 6 heteroatoms. The van der Waals surface area contributed by atoms with Gasteiger partial charge < -0.3 is 9.88 Å². The number of aromatic nitrogens is 4. The average Bonchev–Trinajstić information content (AvgIpc) is 3.00. The van der Waals surface area contributed by atoms with Crippen LogP contribution in [0.1, 0.15) is 44.0 Å². The van der Waals surface area contributed by atoms with E-state index in [1.54, 1.807) is 18.6 Å². The molecule has 1 N–H and O–H groups in total. The highest BCUT2D eigenvalue weighted by atomic mass is 16.2. The third kappa shape index (κ3) is 3.25. The van der Waals surface area contributed by atoms with Crippen LogP contribution >= 0.6 is 0 Å². The summed E-state index contributed by atoms with van der Waals surface area (Å²) in [5, 5.41) is 0. The topological polar surface area (TPSA) is 74.8 Å². The highest BCUT2D eigenvalue weighted by molar-refractivity contribution is 5.78. The van der Waals surface area contributed by atoms with Crippen molar-refractivity contribution in [2.24, 2.45) is 5.92 Å². The van der Waals surface area contributed by atoms with Crippen LogP contribution in [0, 0.1) is 12.8 Å². The lowest BCUT2D eigenvalue weighted by Crippen LogP contribution is -2.41. The van der Waals surface area contributed by atoms with Gasteiger partial charge in [-0.2, -0.15) is 0 Å². The molecular formula is C17H23N5O. The first kappa shape index (κ1) is 15.6. The molecule has 1 aliphatic rings. The van der Waals surface area contributed by atoms with Crippen molar-refractivity contribution in [3.8, 4) is 11.5 Å². The summed E-state index contributed by atoms with van der Waals surface area (Å²) in [6.45, 7) is 7.41. The van der Waals surface area contributed by atoms with Crippen molar-refractivity contribution in [1.82, 2.24) is 24.8 Å². The van der Waals surface area contributed by atoms with E-state index in [1.807, 2.05) is 25.7 Å². The SMILES string of the molecule is Cc1cnc(-c2nccnc2C2CCCN(C(=O)C(C)C)C2)[nH]1. The summed E-state index contributed by atoms with van der Waals surface area (Å²) in [6, 6.07) is 0. The zero-order valence-corrected chi connectivity index (χ0v) is 13.9. The van der Waals surface area contributed by atoms with Crippen molar-refractivity contribution in [3.63, 3.8) is 0 Å². The predicted molar refractivity (Wildman–Crippen MR) is 87.7 cm³/mol. The summed E-state index contributed by atoms with van der Waals surface area (Å²) >= 11 is 0. The summed E-state index contributed by atoms with van der Waals surface area (Å²) in [6.07, 6.45) is 7.22. The zero-order valence-electron chi connectivity index (χ0n) is 13.9. The van der Waals surface area contributed by atoms with Gasteiger partial charge in [0.1, 0.15) is 5.69 Å². The number of aryl methyl sites for hydroxylation is 1. The highest BCUT2D eigenvalue weighted by Gasteiger charge is 2.29. The summed E-state index contributed by atoms with van der Waals surface area (Å²) in [4.78, 5) is 30.9. The summed E-state index contributed by atoms with van der Waals surface area (Å²) < 4.78 is 0. The summed E-state index contributed by atoms with van der Waals surface area (Å²) in [5.74, 6) is 1.20. The van der Waals surface area contributed by atoms with Crippen LogP contribution < -0.4 is 0 Å². The molecule has 1 fully saturated rings. The van der Waals surface area contributed by atoms with Crippen LogP contribution in [0.3, 0.4) is 0 Å². The number of H-pyrrole nitrogens is 1. The number of aromatic amines is 1. The fourth-order valence-electron chi connectivity index (χ4n) is 3.13. The van der Waals surface area contributed by atoms with Crippen LogP contribution in [0.25, 0.3) is 11.5 Å². The molecule has 23 heavy (non-hydrogen) atoms. The number of likely N-dealkylation sites (tertiary alicyclic amines) is 1. The van der Waals surface area contributed by atoms with E-state index in [0.717, 1.165) is 42.3 Å². The molecular weight excluding hydrogens is 290 g/mol. The number of nitrogens with zero attached hydrogens (tertiary/aromatic N) is 4. The molecule has 1 saturated heterocycles. The van der Waals surface area contributed by atoms with Crippen molar-refractivity contribution in [2.75, 3.05) is 13.1 Å². The number of amides is 1. The van der Waals surface area contributed by atoms with Gasteiger partial charge in [0, 0.05) is 49.2 Å². The third-order valence-corrected chi connectivity index (χ3v) is 4.27. The lowest BCUT2D eigenvalue weighted by molar-refractivity contribution is -0.135. The molecule has 0 spiro atoms. The monoisotopic (exact) mass is 313 g/mol. The minimum atomic E-state index is 0.0304. The Morgan fingerprint density at radius 1 is 1.30 bits per heavy atom. The first-order valence-electron chi connectivity index (χ1n) is 8.18. The van der Waals surface area contributed by atoms with E-state index in [9.17, 15) is 4.79 Å². The molecule has 1 amide bonds. The standard InChI is InChI=1S/C17H23N5O/c1-11(2)17(23)22-8-4-5-13(10-22)14-15(19-7-6-18-14)16-20-9-12(3)21-16/h6-7,9,11,13H,4-5,8,10H2,1-3H3,(H,20,21). The Labute approximate surface area is 136 Å². The molecule has 3 heterocycles. The first-order chi connectivity index (χ1) is 11.1. The van der Waals surface area contributed by atoms with Crippen molar-refractivity contribution < 1.29 is 4.79 Å². The zero-order chi connectivity index (χ0) is 16.4. The van der Waals surface area contributed by atoms with Gasteiger partial charge in [0.05, 0.1) is 5.69 Å². The molecule has 0 aromatic carbocycles. The van der Waals surface area contributed by atoms with E-state index in [2.05, 4.69) is 19.9 Å². The molecule has 3 rings (SSSR count). The second-order valence-electron chi connectivity index (χ2n) is 6.48. The molecule has 6 nitrogen and oxygen atoms in total. The number of imidazole rings is 1. The van der Waals surface area contributed by atoms with E-state index >= 15 is 0 Å². The van der Waals surface area contributed by atoms with Gasteiger partial charge in [-0.25, -0.2) is 9.97 Å². The largest absolute Gasteiger partial charge is 0.342 e. The number of hydrogen-bond donors (Lipinski definition) is 1. The fourth-order valence-corrected chi connectivity index (χ4v) is 3.13. The molecule has 0 saturated carbocycles. The van der Waals surface area contributed by atoms with Gasteiger partial charge in [0.25, 0.3) is 0 Å². The number of hydrogen-bond acceptors (Lipinski definition) is 4. The fraction of sp³-hybridized carbons (Fsp3) is 0.529. The second-order valence-corrected chi connectivity index (χ2v) is 6.48. The maximum Gasteiger partial charge on any atom is 0.225 e. The van der Waals surface area contributed by atoms with Crippen molar-refractivity contribution >= 4 is 5.91 Å². The molecule has 1 unspecified atom stereocenters. The van der Waals surface area contributed by atoms with E-state index in [4.69, 9.17) is 0 Å². The van der Waals surface area contributed by atoms with E-state index < -0.39 is 0 Å². The van der Waals surface area contributed by atoms with Gasteiger partial charge in [0.15, 0.2) is 5.82 Å². The predicted octanol–water partition coefficient (Wildman–Crippen LogP) is 2.54. The molecule has 2 aromatic rings. The Morgan fingerprint density at radius 2 is 2.09 bits per heavy atom. The number of carbonyl (C=O) groups excluding carboxylic acids is 1. The van der Waals surface area contributed by atoms with Gasteiger partial charge in [-0.05, 0) is 19.8 Å². The minimum Gasteiger partial charge on any atom is -0.342 e. The van der Waals surface area contributed by atoms with E-state index in [-0.39, 0.29) is 17.7 Å². The molecule has 0 bridgehead atoms. The molecule has 1 atom stereocenters. The van der Waals surface area contributed by atoms with Gasteiger partial charge in [-0.1, -0.05) is 13.8 Å². The smallest absolute Gasteiger partial charge is 0.225 e. The Morgan fingerprint density at radius 3 is 2.78 bits per heavy atom. The quantitative estimate of drug-likeness (QED) is 0.945. The lowest BCUT2D eigenvalue weighted by atomic mass is 9.92. The lowest BCUT2D eigenvalue weighted by Gasteiger charge is -2.34. The number of rotatable bonds is 3. The first-order valence-corrected chi connectivity index (χ1v) is 8.18. The summed E-state index contributed by atoms with van der Waals surface area (Å²) in [7, 11) is 0. The number of piperidine rings is 1. The Balaban J connectivity index is 1.88. The third-order valence-electron chi connectivity index (χ3n) is 4.27. The van der Waals surface area contributed by atoms with E-state index in [0.29, 0.717) is 6.54 Å². The maximum absolute atomic E-state index is 12.3. The molecule has 1 aliphatic heterocycles. The van der Waals surface area contributed by atoms with Gasteiger partial charge >= 0.3 is 0 Å². The Hall–Kier alpha value is -2.24. The van der Waals surface area contributed by atoms with Gasteiger partial charge in [0.2, 0.25) is 5.91 Å². The Kier molecular flexibility index (Phi) is 4.41. The van der Waals surface area contributed by atoms with Crippen LogP contribution in [-0.2, 0) is 4.79 Å². The molecule has 2 aromatic heterocycles. The van der Waals surface area contributed by atoms with Crippen LogP contribution in [0.2, 0.25) is 0 Å². The average molecular weight is 313 g/mol. The normalized spacial score (nSPS) is 18.4. The van der Waals surface area contributed by atoms with Crippen LogP contribution in [-0.4, -0.2) is 43.8 Å². The maximum atomic E-state index is 12.3. The number of nitrogens with one attached hydrogen (secondary N) is 1. The van der Waals surface area contributed by atoms with Crippen LogP contribution in [0.15, 0.2) is 18.6 Å². The van der Waals surface area contributed by atoms with Crippen molar-refractivity contribution in [1.29, 1.82) is 0 Å². The van der Waals surface area contributed by atoms with Crippen molar-refractivity contribution in [2.45, 2.75) is 39.5 Å². The number of carbonyl (C=O) groups is 1. The van der Waals surface area contributed by atoms with Gasteiger partial charge in [-0.15, -0.1) is 0 Å². The minimum absolute atomic E-state index is 0.0304. The van der Waals surface area contributed by atoms with E-state index in [1.165, 1.54) is 0 Å². The van der Waals surface area contributed by atoms with Crippen LogP contribution in [0.5, 0.6) is 0 Å². The molecule has 122 valence electrons. The van der Waals surface area contributed by atoms with Crippen molar-refractivity contribution in [3.05, 3.63) is 30.0 Å². The second kappa shape index (κ2) is 6.48. The Bertz CT molecular complexity index is 694. The van der Waals surface area contributed by atoms with Crippen LogP contribution in [0.4, 0.5) is 0 Å². The van der Waals surface area contributed by atoms with Gasteiger partial charge in [-0.3, -0.25) is 9.78 Å².